The van der Waals surface area contributed by atoms with Gasteiger partial charge in [-0.25, -0.2) is 13.1 Å². The van der Waals surface area contributed by atoms with Crippen molar-refractivity contribution in [1.29, 1.82) is 0 Å². The minimum atomic E-state index is -3.67. The molecule has 22 heavy (non-hydrogen) atoms. The Kier molecular flexibility index (Phi) is 6.37. The molecule has 0 aliphatic heterocycles. The number of aryl methyl sites for hydroxylation is 1. The molecule has 1 aromatic carbocycles. The van der Waals surface area contributed by atoms with Crippen molar-refractivity contribution in [2.45, 2.75) is 37.1 Å². The fourth-order valence-electron chi connectivity index (χ4n) is 2.78. The zero-order chi connectivity index (χ0) is 15.6. The minimum Gasteiger partial charge on any atom is -0.366 e. The number of nitrogens with one attached hydrogen (secondary N) is 1. The number of hydrogen-bond donors (Lipinski definition) is 3. The topological polar surface area (TPSA) is 115 Å². The number of carbonyl (C=O) groups is 1. The largest absolute Gasteiger partial charge is 0.366 e. The maximum absolute atomic E-state index is 12.4. The summed E-state index contributed by atoms with van der Waals surface area (Å²) >= 11 is 0. The van der Waals surface area contributed by atoms with Crippen molar-refractivity contribution in [3.05, 3.63) is 29.3 Å². The van der Waals surface area contributed by atoms with Gasteiger partial charge in [-0.3, -0.25) is 4.79 Å². The lowest BCUT2D eigenvalue weighted by molar-refractivity contribution is 0.0999. The van der Waals surface area contributed by atoms with Gasteiger partial charge in [-0.05, 0) is 49.9 Å². The Morgan fingerprint density at radius 1 is 1.36 bits per heavy atom. The van der Waals surface area contributed by atoms with E-state index in [2.05, 4.69) is 4.72 Å². The van der Waals surface area contributed by atoms with Gasteiger partial charge in [0, 0.05) is 11.6 Å². The number of nitrogens with two attached hydrogens (primary N) is 2. The highest BCUT2D eigenvalue weighted by molar-refractivity contribution is 7.89. The second-order valence-electron chi connectivity index (χ2n) is 5.50. The molecule has 2 atom stereocenters. The van der Waals surface area contributed by atoms with Gasteiger partial charge in [0.15, 0.2) is 0 Å². The van der Waals surface area contributed by atoms with Crippen molar-refractivity contribution < 1.29 is 13.2 Å². The summed E-state index contributed by atoms with van der Waals surface area (Å²) < 4.78 is 27.6. The Bertz CT molecular complexity index is 649. The van der Waals surface area contributed by atoms with Crippen molar-refractivity contribution in [1.82, 2.24) is 4.72 Å². The maximum Gasteiger partial charge on any atom is 0.249 e. The quantitative estimate of drug-likeness (QED) is 0.734. The number of carbonyl (C=O) groups excluding carboxylic acids is 1. The predicted molar refractivity (Wildman–Crippen MR) is 87.4 cm³/mol. The maximum atomic E-state index is 12.4. The average molecular weight is 348 g/mol. The van der Waals surface area contributed by atoms with Crippen LogP contribution in [0.25, 0.3) is 0 Å². The van der Waals surface area contributed by atoms with Crippen molar-refractivity contribution in [3.63, 3.8) is 0 Å². The van der Waals surface area contributed by atoms with E-state index in [0.29, 0.717) is 12.1 Å². The Labute approximate surface area is 137 Å². The number of primary amides is 1. The zero-order valence-corrected chi connectivity index (χ0v) is 14.0. The highest BCUT2D eigenvalue weighted by atomic mass is 35.5. The summed E-state index contributed by atoms with van der Waals surface area (Å²) in [6, 6.07) is 4.26. The number of amides is 1. The number of hydrogen-bond acceptors (Lipinski definition) is 4. The molecule has 5 N–H and O–H groups in total. The molecular weight excluding hydrogens is 326 g/mol. The van der Waals surface area contributed by atoms with Crippen molar-refractivity contribution in [3.8, 4) is 0 Å². The van der Waals surface area contributed by atoms with Gasteiger partial charge >= 0.3 is 0 Å². The molecule has 2 rings (SSSR count). The molecule has 1 fully saturated rings. The molecule has 124 valence electrons. The summed E-state index contributed by atoms with van der Waals surface area (Å²) in [5.41, 5.74) is 11.8. The fourth-order valence-corrected chi connectivity index (χ4v) is 4.14. The summed E-state index contributed by atoms with van der Waals surface area (Å²) in [4.78, 5) is 11.4. The second kappa shape index (κ2) is 7.41. The van der Waals surface area contributed by atoms with Crippen LogP contribution < -0.4 is 16.2 Å². The summed E-state index contributed by atoms with van der Waals surface area (Å²) in [5.74, 6) is -0.467. The van der Waals surface area contributed by atoms with Crippen LogP contribution in [0.15, 0.2) is 23.1 Å². The first-order valence-corrected chi connectivity index (χ1v) is 8.46. The van der Waals surface area contributed by atoms with Crippen LogP contribution in [-0.4, -0.2) is 26.9 Å². The van der Waals surface area contributed by atoms with E-state index >= 15 is 0 Å². The van der Waals surface area contributed by atoms with Gasteiger partial charge in [0.2, 0.25) is 15.9 Å². The van der Waals surface area contributed by atoms with Crippen LogP contribution in [0.4, 0.5) is 0 Å². The smallest absolute Gasteiger partial charge is 0.249 e. The van der Waals surface area contributed by atoms with E-state index in [1.807, 2.05) is 0 Å². The summed E-state index contributed by atoms with van der Waals surface area (Å²) in [7, 11) is -3.67. The first-order valence-electron chi connectivity index (χ1n) is 6.98. The van der Waals surface area contributed by atoms with E-state index in [9.17, 15) is 13.2 Å². The Morgan fingerprint density at radius 2 is 2.05 bits per heavy atom. The normalized spacial score (nSPS) is 21.4. The van der Waals surface area contributed by atoms with E-state index in [-0.39, 0.29) is 34.8 Å². The molecule has 1 amide bonds. The predicted octanol–water partition coefficient (Wildman–Crippen LogP) is 0.921. The van der Waals surface area contributed by atoms with E-state index in [4.69, 9.17) is 11.5 Å². The van der Waals surface area contributed by atoms with E-state index in [1.165, 1.54) is 12.1 Å². The molecule has 0 spiro atoms. The Hall–Kier alpha value is -1.15. The van der Waals surface area contributed by atoms with Gasteiger partial charge in [0.25, 0.3) is 0 Å². The first kappa shape index (κ1) is 18.9. The van der Waals surface area contributed by atoms with Crippen LogP contribution in [0.5, 0.6) is 0 Å². The zero-order valence-electron chi connectivity index (χ0n) is 12.4. The molecule has 1 aliphatic rings. The number of halogens is 1. The highest BCUT2D eigenvalue weighted by Gasteiger charge is 2.30. The summed E-state index contributed by atoms with van der Waals surface area (Å²) in [6.45, 7) is 2.18. The molecule has 6 nitrogen and oxygen atoms in total. The molecule has 1 aromatic rings. The number of sulfonamides is 1. The van der Waals surface area contributed by atoms with Crippen molar-refractivity contribution >= 4 is 28.3 Å². The van der Waals surface area contributed by atoms with Gasteiger partial charge < -0.3 is 11.5 Å². The van der Waals surface area contributed by atoms with Gasteiger partial charge in [-0.15, -0.1) is 12.4 Å². The lowest BCUT2D eigenvalue weighted by Gasteiger charge is -2.19. The first-order chi connectivity index (χ1) is 9.85. The highest BCUT2D eigenvalue weighted by Crippen LogP contribution is 2.26. The standard InChI is InChI=1S/C14H21N3O3S.ClH/c1-9-5-6-11(7-12(9)14(16)18)21(19,20)17-13-4-2-3-10(13)8-15;/h5-7,10,13,17H,2-4,8,15H2,1H3,(H2,16,18);1H. The van der Waals surface area contributed by atoms with Gasteiger partial charge in [-0.1, -0.05) is 12.5 Å². The summed E-state index contributed by atoms with van der Waals surface area (Å²) in [5, 5.41) is 0. The lowest BCUT2D eigenvalue weighted by atomic mass is 10.1. The second-order valence-corrected chi connectivity index (χ2v) is 7.21. The van der Waals surface area contributed by atoms with E-state index in [0.717, 1.165) is 19.3 Å². The lowest BCUT2D eigenvalue weighted by Crippen LogP contribution is -2.39. The molecule has 0 radical (unpaired) electrons. The number of benzene rings is 1. The fraction of sp³-hybridized carbons (Fsp3) is 0.500. The molecule has 1 aliphatic carbocycles. The third-order valence-corrected chi connectivity index (χ3v) is 5.54. The van der Waals surface area contributed by atoms with Crippen molar-refractivity contribution in [2.75, 3.05) is 6.54 Å². The van der Waals surface area contributed by atoms with Crippen LogP contribution in [0.3, 0.4) is 0 Å². The van der Waals surface area contributed by atoms with Crippen LogP contribution >= 0.6 is 12.4 Å². The third kappa shape index (κ3) is 3.98. The monoisotopic (exact) mass is 347 g/mol. The molecule has 0 saturated heterocycles. The Balaban J connectivity index is 0.00000242. The van der Waals surface area contributed by atoms with Gasteiger partial charge in [-0.2, -0.15) is 0 Å². The molecule has 0 heterocycles. The SMILES string of the molecule is Cc1ccc(S(=O)(=O)NC2CCCC2CN)cc1C(N)=O.Cl. The van der Waals surface area contributed by atoms with Crippen LogP contribution in [0, 0.1) is 12.8 Å². The van der Waals surface area contributed by atoms with E-state index < -0.39 is 15.9 Å². The van der Waals surface area contributed by atoms with Crippen molar-refractivity contribution in [2.24, 2.45) is 17.4 Å². The van der Waals surface area contributed by atoms with Gasteiger partial charge in [0.1, 0.15) is 0 Å². The molecular formula is C14H22ClN3O3S. The average Bonchev–Trinajstić information content (AvgIpc) is 2.85. The number of rotatable bonds is 5. The van der Waals surface area contributed by atoms with Crippen LogP contribution in [-0.2, 0) is 10.0 Å². The molecule has 2 unspecified atom stereocenters. The molecule has 0 bridgehead atoms. The molecule has 1 saturated carbocycles. The molecule has 0 aromatic heterocycles. The Morgan fingerprint density at radius 3 is 2.64 bits per heavy atom. The van der Waals surface area contributed by atoms with E-state index in [1.54, 1.807) is 13.0 Å². The minimum absolute atomic E-state index is 0. The molecule has 8 heteroatoms. The third-order valence-electron chi connectivity index (χ3n) is 4.05. The summed E-state index contributed by atoms with van der Waals surface area (Å²) in [6.07, 6.45) is 2.69. The van der Waals surface area contributed by atoms with Crippen LogP contribution in [0.2, 0.25) is 0 Å². The van der Waals surface area contributed by atoms with Crippen LogP contribution in [0.1, 0.15) is 35.2 Å². The van der Waals surface area contributed by atoms with Gasteiger partial charge in [0.05, 0.1) is 4.90 Å².